The quantitative estimate of drug-likeness (QED) is 0.596. The Balaban J connectivity index is 1.74. The largest absolute Gasteiger partial charge is 0.354 e. The average molecular weight is 339 g/mol. The van der Waals surface area contributed by atoms with E-state index in [1.165, 1.54) is 5.39 Å². The molecule has 0 radical (unpaired) electrons. The van der Waals surface area contributed by atoms with Crippen LogP contribution in [-0.4, -0.2) is 19.5 Å². The molecule has 0 amide bonds. The second-order valence-electron chi connectivity index (χ2n) is 4.79. The van der Waals surface area contributed by atoms with E-state index in [0.717, 1.165) is 27.1 Å². The first kappa shape index (κ1) is 12.3. The number of aromatic amines is 1. The van der Waals surface area contributed by atoms with Crippen LogP contribution in [0.1, 0.15) is 0 Å². The smallest absolute Gasteiger partial charge is 0.137 e. The Labute approximate surface area is 129 Å². The number of aromatic nitrogens is 4. The van der Waals surface area contributed by atoms with E-state index >= 15 is 0 Å². The first-order valence-electron chi connectivity index (χ1n) is 6.53. The van der Waals surface area contributed by atoms with E-state index in [-0.39, 0.29) is 0 Å². The van der Waals surface area contributed by atoms with Crippen molar-refractivity contribution in [2.75, 3.05) is 0 Å². The lowest BCUT2D eigenvalue weighted by Gasteiger charge is -2.02. The molecular weight excluding hydrogens is 328 g/mol. The molecule has 102 valence electrons. The van der Waals surface area contributed by atoms with Crippen molar-refractivity contribution in [3.63, 3.8) is 0 Å². The third kappa shape index (κ3) is 2.25. The second-order valence-corrected chi connectivity index (χ2v) is 5.71. The zero-order valence-electron chi connectivity index (χ0n) is 11.0. The van der Waals surface area contributed by atoms with E-state index < -0.39 is 0 Å². The normalized spacial score (nSPS) is 11.1. The van der Waals surface area contributed by atoms with Gasteiger partial charge in [0.05, 0.1) is 0 Å². The Morgan fingerprint density at radius 3 is 2.81 bits per heavy atom. The number of nitrogens with one attached hydrogen (secondary N) is 1. The zero-order chi connectivity index (χ0) is 14.2. The van der Waals surface area contributed by atoms with Gasteiger partial charge in [0.15, 0.2) is 0 Å². The van der Waals surface area contributed by atoms with E-state index in [1.54, 1.807) is 12.5 Å². The van der Waals surface area contributed by atoms with Crippen LogP contribution < -0.4 is 0 Å². The molecule has 5 heteroatoms. The third-order valence-electron chi connectivity index (χ3n) is 3.41. The molecule has 3 aromatic heterocycles. The number of hydrogen-bond donors (Lipinski definition) is 1. The predicted molar refractivity (Wildman–Crippen MR) is 86.4 cm³/mol. The highest BCUT2D eigenvalue weighted by Crippen LogP contribution is 2.26. The molecule has 4 rings (SSSR count). The molecule has 0 fully saturated rings. The summed E-state index contributed by atoms with van der Waals surface area (Å²) < 4.78 is 2.96. The lowest BCUT2D eigenvalue weighted by molar-refractivity contribution is 0.993. The number of hydrogen-bond acceptors (Lipinski definition) is 2. The van der Waals surface area contributed by atoms with Gasteiger partial charge >= 0.3 is 0 Å². The summed E-state index contributed by atoms with van der Waals surface area (Å²) in [6.07, 6.45) is 7.23. The summed E-state index contributed by atoms with van der Waals surface area (Å²) in [5.41, 5.74) is 3.24. The Hall–Kier alpha value is -2.40. The van der Waals surface area contributed by atoms with Gasteiger partial charge in [0.1, 0.15) is 12.1 Å². The Kier molecular flexibility index (Phi) is 2.86. The van der Waals surface area contributed by atoms with Crippen LogP contribution >= 0.6 is 15.9 Å². The summed E-state index contributed by atoms with van der Waals surface area (Å²) in [5.74, 6) is 0.857. The van der Waals surface area contributed by atoms with Crippen molar-refractivity contribution in [3.05, 3.63) is 65.8 Å². The molecule has 0 aliphatic rings. The van der Waals surface area contributed by atoms with Crippen LogP contribution in [0.2, 0.25) is 0 Å². The Bertz CT molecular complexity index is 892. The predicted octanol–water partition coefficient (Wildman–Crippen LogP) is 4.18. The summed E-state index contributed by atoms with van der Waals surface area (Å²) in [6, 6.07) is 12.4. The van der Waals surface area contributed by atoms with Gasteiger partial charge in [-0.25, -0.2) is 9.97 Å². The number of imidazole rings is 1. The molecule has 4 nitrogen and oxygen atoms in total. The van der Waals surface area contributed by atoms with Gasteiger partial charge in [-0.2, -0.15) is 0 Å². The molecular formula is C16H11BrN4. The number of H-pyrrole nitrogens is 1. The molecule has 0 aliphatic heterocycles. The van der Waals surface area contributed by atoms with E-state index in [4.69, 9.17) is 0 Å². The summed E-state index contributed by atoms with van der Waals surface area (Å²) in [4.78, 5) is 11.9. The van der Waals surface area contributed by atoms with Crippen LogP contribution in [0.25, 0.3) is 28.0 Å². The van der Waals surface area contributed by atoms with Gasteiger partial charge in [-0.15, -0.1) is 0 Å². The number of fused-ring (bicyclic) bond motifs is 1. The number of pyridine rings is 1. The van der Waals surface area contributed by atoms with Gasteiger partial charge in [-0.3, -0.25) is 4.57 Å². The maximum absolute atomic E-state index is 4.48. The minimum absolute atomic E-state index is 0.857. The molecule has 3 heterocycles. The van der Waals surface area contributed by atoms with E-state index in [0.29, 0.717) is 0 Å². The molecule has 1 aromatic carbocycles. The molecule has 4 aromatic rings. The first-order valence-corrected chi connectivity index (χ1v) is 7.32. The lowest BCUT2D eigenvalue weighted by Crippen LogP contribution is -1.93. The maximum Gasteiger partial charge on any atom is 0.137 e. The van der Waals surface area contributed by atoms with Crippen LogP contribution in [0.3, 0.4) is 0 Å². The minimum Gasteiger partial charge on any atom is -0.354 e. The molecule has 0 unspecified atom stereocenters. The molecule has 0 bridgehead atoms. The topological polar surface area (TPSA) is 46.5 Å². The van der Waals surface area contributed by atoms with Gasteiger partial charge in [-0.1, -0.05) is 15.9 Å². The fourth-order valence-electron chi connectivity index (χ4n) is 2.35. The minimum atomic E-state index is 0.857. The molecule has 21 heavy (non-hydrogen) atoms. The van der Waals surface area contributed by atoms with Crippen molar-refractivity contribution in [2.45, 2.75) is 0 Å². The third-order valence-corrected chi connectivity index (χ3v) is 3.90. The lowest BCUT2D eigenvalue weighted by atomic mass is 10.2. The van der Waals surface area contributed by atoms with Crippen LogP contribution in [0.15, 0.2) is 65.8 Å². The highest BCUT2D eigenvalue weighted by molar-refractivity contribution is 9.10. The number of halogens is 1. The van der Waals surface area contributed by atoms with Gasteiger partial charge in [0.2, 0.25) is 0 Å². The van der Waals surface area contributed by atoms with Crippen LogP contribution in [-0.2, 0) is 0 Å². The van der Waals surface area contributed by atoms with Crippen molar-refractivity contribution in [3.8, 4) is 17.1 Å². The van der Waals surface area contributed by atoms with Crippen LogP contribution in [0.4, 0.5) is 0 Å². The standard InChI is InChI=1S/C16H11BrN4/c17-13-2-3-14-12(7-13)8-15(20-14)11-1-4-16(19-9-11)21-6-5-18-10-21/h1-10,20H. The summed E-state index contributed by atoms with van der Waals surface area (Å²) in [5, 5.41) is 1.18. The monoisotopic (exact) mass is 338 g/mol. The van der Waals surface area contributed by atoms with E-state index in [1.807, 2.05) is 29.1 Å². The van der Waals surface area contributed by atoms with Crippen molar-refractivity contribution >= 4 is 26.8 Å². The van der Waals surface area contributed by atoms with E-state index in [2.05, 4.69) is 55.1 Å². The van der Waals surface area contributed by atoms with Crippen molar-refractivity contribution in [2.24, 2.45) is 0 Å². The highest BCUT2D eigenvalue weighted by atomic mass is 79.9. The summed E-state index contributed by atoms with van der Waals surface area (Å²) in [7, 11) is 0. The number of rotatable bonds is 2. The van der Waals surface area contributed by atoms with Crippen molar-refractivity contribution < 1.29 is 0 Å². The Morgan fingerprint density at radius 1 is 1.10 bits per heavy atom. The summed E-state index contributed by atoms with van der Waals surface area (Å²) >= 11 is 3.49. The number of nitrogens with zero attached hydrogens (tertiary/aromatic N) is 3. The van der Waals surface area contributed by atoms with Gasteiger partial charge in [-0.05, 0) is 36.4 Å². The first-order chi connectivity index (χ1) is 10.3. The van der Waals surface area contributed by atoms with E-state index in [9.17, 15) is 0 Å². The highest BCUT2D eigenvalue weighted by Gasteiger charge is 2.05. The molecule has 0 atom stereocenters. The van der Waals surface area contributed by atoms with Crippen LogP contribution in [0, 0.1) is 0 Å². The average Bonchev–Trinajstić information content (AvgIpc) is 3.16. The molecule has 0 saturated carbocycles. The molecule has 0 spiro atoms. The SMILES string of the molecule is Brc1ccc2[nH]c(-c3ccc(-n4ccnc4)nc3)cc2c1. The molecule has 0 saturated heterocycles. The maximum atomic E-state index is 4.48. The second kappa shape index (κ2) is 4.86. The van der Waals surface area contributed by atoms with Crippen molar-refractivity contribution in [1.29, 1.82) is 0 Å². The van der Waals surface area contributed by atoms with Crippen molar-refractivity contribution in [1.82, 2.24) is 19.5 Å². The fraction of sp³-hybridized carbons (Fsp3) is 0. The zero-order valence-corrected chi connectivity index (χ0v) is 12.6. The van der Waals surface area contributed by atoms with Gasteiger partial charge in [0, 0.05) is 45.2 Å². The van der Waals surface area contributed by atoms with Crippen LogP contribution in [0.5, 0.6) is 0 Å². The Morgan fingerprint density at radius 2 is 2.05 bits per heavy atom. The summed E-state index contributed by atoms with van der Waals surface area (Å²) in [6.45, 7) is 0. The molecule has 0 aliphatic carbocycles. The number of benzene rings is 1. The fourth-order valence-corrected chi connectivity index (χ4v) is 2.73. The van der Waals surface area contributed by atoms with Gasteiger partial charge < -0.3 is 4.98 Å². The van der Waals surface area contributed by atoms with Gasteiger partial charge in [0.25, 0.3) is 0 Å². The molecule has 1 N–H and O–H groups in total.